The van der Waals surface area contributed by atoms with Gasteiger partial charge in [0.1, 0.15) is 0 Å². The molecule has 2 unspecified atom stereocenters. The minimum absolute atomic E-state index is 0. The molecule has 3 nitrogen and oxygen atoms in total. The fourth-order valence-corrected chi connectivity index (χ4v) is 3.81. The number of halogens is 2. The summed E-state index contributed by atoms with van der Waals surface area (Å²) in [6.45, 7) is 1.99. The summed E-state index contributed by atoms with van der Waals surface area (Å²) >= 11 is 6.15. The zero-order chi connectivity index (χ0) is 14.1. The number of anilines is 1. The van der Waals surface area contributed by atoms with Crippen LogP contribution < -0.4 is 10.6 Å². The normalized spacial score (nSPS) is 27.0. The second-order valence-corrected chi connectivity index (χ2v) is 6.62. The fourth-order valence-electron chi connectivity index (χ4n) is 3.53. The molecule has 2 N–H and O–H groups in total. The predicted molar refractivity (Wildman–Crippen MR) is 89.4 cm³/mol. The summed E-state index contributed by atoms with van der Waals surface area (Å²) in [5.41, 5.74) is 1.82. The molecule has 2 aliphatic rings. The molecule has 0 saturated carbocycles. The first-order valence-corrected chi connectivity index (χ1v) is 7.80. The Morgan fingerprint density at radius 2 is 2.00 bits per heavy atom. The number of nitrogens with one attached hydrogen (secondary N) is 2. The van der Waals surface area contributed by atoms with Crippen LogP contribution in [-0.4, -0.2) is 18.0 Å². The van der Waals surface area contributed by atoms with Crippen LogP contribution in [0.4, 0.5) is 5.69 Å². The third kappa shape index (κ3) is 4.12. The highest BCUT2D eigenvalue weighted by atomic mass is 35.5. The van der Waals surface area contributed by atoms with Crippen LogP contribution in [0.2, 0.25) is 5.02 Å². The fraction of sp³-hybridized carbons (Fsp3) is 0.562. The Balaban J connectivity index is 0.00000161. The number of carbonyl (C=O) groups is 1. The summed E-state index contributed by atoms with van der Waals surface area (Å²) in [5.74, 6) is 0.597. The third-order valence-electron chi connectivity index (χ3n) is 4.44. The van der Waals surface area contributed by atoms with Gasteiger partial charge in [-0.1, -0.05) is 17.7 Å². The molecular formula is C16H22Cl2N2O. The van der Waals surface area contributed by atoms with E-state index in [2.05, 4.69) is 10.6 Å². The van der Waals surface area contributed by atoms with Crippen LogP contribution in [0, 0.1) is 12.8 Å². The van der Waals surface area contributed by atoms with E-state index in [0.717, 1.165) is 24.1 Å². The van der Waals surface area contributed by atoms with Crippen LogP contribution in [0.5, 0.6) is 0 Å². The van der Waals surface area contributed by atoms with E-state index in [1.54, 1.807) is 0 Å². The lowest BCUT2D eigenvalue weighted by Gasteiger charge is -2.28. The van der Waals surface area contributed by atoms with Crippen LogP contribution >= 0.6 is 24.0 Å². The molecule has 1 aromatic rings. The molecule has 0 aromatic heterocycles. The van der Waals surface area contributed by atoms with Crippen LogP contribution in [0.3, 0.4) is 0 Å². The maximum Gasteiger partial charge on any atom is 0.224 e. The van der Waals surface area contributed by atoms with Crippen molar-refractivity contribution in [2.24, 2.45) is 5.92 Å². The van der Waals surface area contributed by atoms with E-state index >= 15 is 0 Å². The van der Waals surface area contributed by atoms with Gasteiger partial charge in [0, 0.05) is 18.5 Å². The van der Waals surface area contributed by atoms with Gasteiger partial charge in [-0.2, -0.15) is 0 Å². The molecule has 2 bridgehead atoms. The van der Waals surface area contributed by atoms with Crippen molar-refractivity contribution >= 4 is 35.6 Å². The Kier molecular flexibility index (Phi) is 5.53. The van der Waals surface area contributed by atoms with Crippen LogP contribution in [0.25, 0.3) is 0 Å². The standard InChI is InChI=1S/C16H21ClN2O.ClH/c1-10-2-5-15(14(17)6-10)19-16(20)9-11-7-12-3-4-13(8-11)18-12;/h2,5-6,11-13,18H,3-4,7-9H2,1H3,(H,19,20);1H. The van der Waals surface area contributed by atoms with Crippen molar-refractivity contribution < 1.29 is 4.79 Å². The average Bonchev–Trinajstić information content (AvgIpc) is 2.72. The van der Waals surface area contributed by atoms with Crippen LogP contribution in [0.15, 0.2) is 18.2 Å². The molecule has 5 heteroatoms. The molecule has 21 heavy (non-hydrogen) atoms. The monoisotopic (exact) mass is 328 g/mol. The Morgan fingerprint density at radius 3 is 2.62 bits per heavy atom. The summed E-state index contributed by atoms with van der Waals surface area (Å²) in [6, 6.07) is 6.99. The lowest BCUT2D eigenvalue weighted by atomic mass is 9.89. The molecule has 1 amide bonds. The number of benzene rings is 1. The molecule has 2 fully saturated rings. The van der Waals surface area contributed by atoms with Gasteiger partial charge in [0.2, 0.25) is 5.91 Å². The van der Waals surface area contributed by atoms with Gasteiger partial charge < -0.3 is 10.6 Å². The Labute approximate surface area is 137 Å². The number of amides is 1. The van der Waals surface area contributed by atoms with Crippen molar-refractivity contribution in [3.63, 3.8) is 0 Å². The molecular weight excluding hydrogens is 307 g/mol. The number of fused-ring (bicyclic) bond motifs is 2. The van der Waals surface area contributed by atoms with Gasteiger partial charge in [0.15, 0.2) is 0 Å². The van der Waals surface area contributed by atoms with E-state index < -0.39 is 0 Å². The van der Waals surface area contributed by atoms with Crippen molar-refractivity contribution in [3.8, 4) is 0 Å². The van der Waals surface area contributed by atoms with Crippen molar-refractivity contribution in [2.45, 2.75) is 51.1 Å². The largest absolute Gasteiger partial charge is 0.325 e. The van der Waals surface area contributed by atoms with Gasteiger partial charge in [-0.05, 0) is 56.2 Å². The number of hydrogen-bond donors (Lipinski definition) is 2. The number of carbonyl (C=O) groups excluding carboxylic acids is 1. The minimum Gasteiger partial charge on any atom is -0.325 e. The predicted octanol–water partition coefficient (Wildman–Crippen LogP) is 3.93. The molecule has 2 aliphatic heterocycles. The topological polar surface area (TPSA) is 41.1 Å². The number of hydrogen-bond acceptors (Lipinski definition) is 2. The highest BCUT2D eigenvalue weighted by molar-refractivity contribution is 6.33. The summed E-state index contributed by atoms with van der Waals surface area (Å²) in [5, 5.41) is 7.16. The highest BCUT2D eigenvalue weighted by Crippen LogP contribution is 2.33. The highest BCUT2D eigenvalue weighted by Gasteiger charge is 2.34. The zero-order valence-electron chi connectivity index (χ0n) is 12.2. The van der Waals surface area contributed by atoms with Crippen LogP contribution in [-0.2, 0) is 4.79 Å². The lowest BCUT2D eigenvalue weighted by molar-refractivity contribution is -0.117. The molecule has 116 valence electrons. The minimum atomic E-state index is 0. The molecule has 0 aliphatic carbocycles. The van der Waals surface area contributed by atoms with Crippen molar-refractivity contribution in [2.75, 3.05) is 5.32 Å². The Morgan fingerprint density at radius 1 is 1.33 bits per heavy atom. The van der Waals surface area contributed by atoms with E-state index in [1.807, 2.05) is 25.1 Å². The van der Waals surface area contributed by atoms with Crippen molar-refractivity contribution in [1.29, 1.82) is 0 Å². The van der Waals surface area contributed by atoms with Gasteiger partial charge in [0.25, 0.3) is 0 Å². The molecule has 0 spiro atoms. The van der Waals surface area contributed by atoms with Gasteiger partial charge in [-0.15, -0.1) is 12.4 Å². The van der Waals surface area contributed by atoms with Crippen molar-refractivity contribution in [3.05, 3.63) is 28.8 Å². The molecule has 2 saturated heterocycles. The number of piperidine rings is 1. The maximum absolute atomic E-state index is 12.2. The van der Waals surface area contributed by atoms with E-state index in [4.69, 9.17) is 11.6 Å². The summed E-state index contributed by atoms with van der Waals surface area (Å²) in [6.07, 6.45) is 5.41. The quantitative estimate of drug-likeness (QED) is 0.882. The molecule has 2 atom stereocenters. The van der Waals surface area contributed by atoms with Gasteiger partial charge in [-0.3, -0.25) is 4.79 Å². The first-order valence-electron chi connectivity index (χ1n) is 7.42. The summed E-state index contributed by atoms with van der Waals surface area (Å²) in [4.78, 5) is 12.2. The second-order valence-electron chi connectivity index (χ2n) is 6.21. The number of rotatable bonds is 3. The smallest absolute Gasteiger partial charge is 0.224 e. The third-order valence-corrected chi connectivity index (χ3v) is 4.76. The summed E-state index contributed by atoms with van der Waals surface area (Å²) < 4.78 is 0. The van der Waals surface area contributed by atoms with Crippen molar-refractivity contribution in [1.82, 2.24) is 5.32 Å². The molecule has 1 aromatic carbocycles. The van der Waals surface area contributed by atoms with Gasteiger partial charge >= 0.3 is 0 Å². The van der Waals surface area contributed by atoms with E-state index in [9.17, 15) is 4.79 Å². The first kappa shape index (κ1) is 16.6. The number of aryl methyl sites for hydroxylation is 1. The Bertz CT molecular complexity index is 509. The van der Waals surface area contributed by atoms with E-state index in [1.165, 1.54) is 12.8 Å². The second kappa shape index (κ2) is 6.99. The first-order chi connectivity index (χ1) is 9.60. The van der Waals surface area contributed by atoms with Gasteiger partial charge in [-0.25, -0.2) is 0 Å². The summed E-state index contributed by atoms with van der Waals surface area (Å²) in [7, 11) is 0. The molecule has 3 rings (SSSR count). The van der Waals surface area contributed by atoms with E-state index in [0.29, 0.717) is 29.4 Å². The van der Waals surface area contributed by atoms with E-state index in [-0.39, 0.29) is 18.3 Å². The SMILES string of the molecule is Cc1ccc(NC(=O)CC2CC3CCC(C2)N3)c(Cl)c1.Cl. The zero-order valence-corrected chi connectivity index (χ0v) is 13.8. The maximum atomic E-state index is 12.2. The molecule has 2 heterocycles. The molecule has 0 radical (unpaired) electrons. The van der Waals surface area contributed by atoms with Crippen LogP contribution in [0.1, 0.15) is 37.7 Å². The Hall–Kier alpha value is -0.770. The average molecular weight is 329 g/mol. The van der Waals surface area contributed by atoms with Gasteiger partial charge in [0.05, 0.1) is 10.7 Å². The lowest BCUT2D eigenvalue weighted by Crippen LogP contribution is -2.39.